The van der Waals surface area contributed by atoms with Gasteiger partial charge < -0.3 is 5.32 Å². The lowest BCUT2D eigenvalue weighted by atomic mass is 10.1. The monoisotopic (exact) mass is 305 g/mol. The van der Waals surface area contributed by atoms with Gasteiger partial charge in [0.05, 0.1) is 5.69 Å². The second-order valence-corrected chi connectivity index (χ2v) is 5.87. The van der Waals surface area contributed by atoms with Crippen molar-refractivity contribution in [1.29, 1.82) is 0 Å². The number of rotatable bonds is 4. The van der Waals surface area contributed by atoms with Crippen molar-refractivity contribution in [3.8, 4) is 0 Å². The van der Waals surface area contributed by atoms with Crippen molar-refractivity contribution in [2.24, 2.45) is 0 Å². The second-order valence-electron chi connectivity index (χ2n) is 4.48. The SMILES string of the molecule is CCc1ccc(C(=O)Nc2ccccc2S(=O)(=O)O)cc1. The summed E-state index contributed by atoms with van der Waals surface area (Å²) in [7, 11) is -4.39. The van der Waals surface area contributed by atoms with E-state index in [1.807, 2.05) is 19.1 Å². The molecule has 0 aliphatic carbocycles. The van der Waals surface area contributed by atoms with Crippen LogP contribution in [0.4, 0.5) is 5.69 Å². The predicted octanol–water partition coefficient (Wildman–Crippen LogP) is 2.75. The molecule has 5 nitrogen and oxygen atoms in total. The first kappa shape index (κ1) is 15.2. The summed E-state index contributed by atoms with van der Waals surface area (Å²) in [5, 5.41) is 2.49. The fraction of sp³-hybridized carbons (Fsp3) is 0.133. The lowest BCUT2D eigenvalue weighted by molar-refractivity contribution is 0.102. The Kier molecular flexibility index (Phi) is 4.40. The zero-order valence-corrected chi connectivity index (χ0v) is 12.2. The normalized spacial score (nSPS) is 11.1. The van der Waals surface area contributed by atoms with Gasteiger partial charge in [0.25, 0.3) is 16.0 Å². The molecule has 0 saturated heterocycles. The van der Waals surface area contributed by atoms with E-state index >= 15 is 0 Å². The van der Waals surface area contributed by atoms with Crippen LogP contribution in [-0.2, 0) is 16.5 Å². The number of nitrogens with one attached hydrogen (secondary N) is 1. The maximum Gasteiger partial charge on any atom is 0.296 e. The van der Waals surface area contributed by atoms with E-state index < -0.39 is 16.0 Å². The Hall–Kier alpha value is -2.18. The Bertz CT molecular complexity index is 751. The van der Waals surface area contributed by atoms with Gasteiger partial charge in [-0.3, -0.25) is 9.35 Å². The standard InChI is InChI=1S/C15H15NO4S/c1-2-11-7-9-12(10-8-11)15(17)16-13-5-3-4-6-14(13)21(18,19)20/h3-10H,2H2,1H3,(H,16,17)(H,18,19,20). The molecule has 0 radical (unpaired) electrons. The van der Waals surface area contributed by atoms with Crippen LogP contribution in [0, 0.1) is 0 Å². The van der Waals surface area contributed by atoms with Gasteiger partial charge >= 0.3 is 0 Å². The Morgan fingerprint density at radius 3 is 2.29 bits per heavy atom. The number of carbonyl (C=O) groups is 1. The summed E-state index contributed by atoms with van der Waals surface area (Å²) >= 11 is 0. The summed E-state index contributed by atoms with van der Waals surface area (Å²) in [6.07, 6.45) is 0.869. The highest BCUT2D eigenvalue weighted by Gasteiger charge is 2.16. The van der Waals surface area contributed by atoms with Crippen LogP contribution >= 0.6 is 0 Å². The number of anilines is 1. The van der Waals surface area contributed by atoms with Crippen LogP contribution in [-0.4, -0.2) is 18.9 Å². The van der Waals surface area contributed by atoms with E-state index in [1.165, 1.54) is 18.2 Å². The molecule has 0 aliphatic rings. The minimum absolute atomic E-state index is 0.0459. The van der Waals surface area contributed by atoms with E-state index in [-0.39, 0.29) is 10.6 Å². The number of benzene rings is 2. The van der Waals surface area contributed by atoms with E-state index in [2.05, 4.69) is 5.32 Å². The molecule has 21 heavy (non-hydrogen) atoms. The summed E-state index contributed by atoms with van der Waals surface area (Å²) in [5.41, 5.74) is 1.56. The van der Waals surface area contributed by atoms with E-state index in [0.717, 1.165) is 12.0 Å². The molecular formula is C15H15NO4S. The molecular weight excluding hydrogens is 290 g/mol. The molecule has 0 unspecified atom stereocenters. The molecule has 6 heteroatoms. The van der Waals surface area contributed by atoms with Gasteiger partial charge in [0.1, 0.15) is 4.90 Å². The summed E-state index contributed by atoms with van der Waals surface area (Å²) < 4.78 is 31.7. The molecule has 2 aromatic carbocycles. The van der Waals surface area contributed by atoms with Gasteiger partial charge in [-0.25, -0.2) is 0 Å². The van der Waals surface area contributed by atoms with Gasteiger partial charge in [-0.05, 0) is 36.2 Å². The third-order valence-corrected chi connectivity index (χ3v) is 3.95. The lowest BCUT2D eigenvalue weighted by Crippen LogP contribution is -2.14. The number of amides is 1. The molecule has 0 aromatic heterocycles. The fourth-order valence-electron chi connectivity index (χ4n) is 1.88. The average molecular weight is 305 g/mol. The highest BCUT2D eigenvalue weighted by molar-refractivity contribution is 7.86. The Morgan fingerprint density at radius 1 is 1.10 bits per heavy atom. The highest BCUT2D eigenvalue weighted by Crippen LogP contribution is 2.21. The Balaban J connectivity index is 2.27. The molecule has 2 N–H and O–H groups in total. The van der Waals surface area contributed by atoms with Gasteiger partial charge in [0.2, 0.25) is 0 Å². The molecule has 0 atom stereocenters. The van der Waals surface area contributed by atoms with Crippen molar-refractivity contribution in [3.63, 3.8) is 0 Å². The third kappa shape index (κ3) is 3.68. The molecule has 0 spiro atoms. The molecule has 0 aliphatic heterocycles. The van der Waals surface area contributed by atoms with Crippen LogP contribution in [0.5, 0.6) is 0 Å². The smallest absolute Gasteiger partial charge is 0.296 e. The molecule has 0 bridgehead atoms. The minimum atomic E-state index is -4.39. The summed E-state index contributed by atoms with van der Waals surface area (Å²) in [4.78, 5) is 11.8. The second kappa shape index (κ2) is 6.07. The van der Waals surface area contributed by atoms with Crippen LogP contribution in [0.1, 0.15) is 22.8 Å². The summed E-state index contributed by atoms with van der Waals surface area (Å²) in [5.74, 6) is -0.436. The van der Waals surface area contributed by atoms with Gasteiger partial charge in [0.15, 0.2) is 0 Å². The largest absolute Gasteiger partial charge is 0.321 e. The van der Waals surface area contributed by atoms with E-state index in [0.29, 0.717) is 5.56 Å². The molecule has 0 saturated carbocycles. The number of aryl methyl sites for hydroxylation is 1. The van der Waals surface area contributed by atoms with E-state index in [9.17, 15) is 13.2 Å². The number of para-hydroxylation sites is 1. The molecule has 2 aromatic rings. The van der Waals surface area contributed by atoms with Gasteiger partial charge in [-0.1, -0.05) is 31.2 Å². The molecule has 1 amide bonds. The van der Waals surface area contributed by atoms with Crippen LogP contribution in [0.2, 0.25) is 0 Å². The first-order valence-electron chi connectivity index (χ1n) is 6.38. The summed E-state index contributed by atoms with van der Waals surface area (Å²) in [6, 6.07) is 12.7. The predicted molar refractivity (Wildman–Crippen MR) is 80.0 cm³/mol. The maximum absolute atomic E-state index is 12.1. The topological polar surface area (TPSA) is 83.5 Å². The lowest BCUT2D eigenvalue weighted by Gasteiger charge is -2.09. The quantitative estimate of drug-likeness (QED) is 0.851. The Morgan fingerprint density at radius 2 is 1.71 bits per heavy atom. The van der Waals surface area contributed by atoms with Crippen molar-refractivity contribution >= 4 is 21.7 Å². The first-order chi connectivity index (χ1) is 9.91. The van der Waals surface area contributed by atoms with Crippen LogP contribution < -0.4 is 5.32 Å². The number of carbonyl (C=O) groups excluding carboxylic acids is 1. The maximum atomic E-state index is 12.1. The van der Waals surface area contributed by atoms with Crippen LogP contribution in [0.15, 0.2) is 53.4 Å². The van der Waals surface area contributed by atoms with Gasteiger partial charge in [-0.2, -0.15) is 8.42 Å². The van der Waals surface area contributed by atoms with Crippen molar-refractivity contribution < 1.29 is 17.8 Å². The molecule has 110 valence electrons. The van der Waals surface area contributed by atoms with E-state index in [4.69, 9.17) is 4.55 Å². The van der Waals surface area contributed by atoms with Crippen molar-refractivity contribution in [2.75, 3.05) is 5.32 Å². The van der Waals surface area contributed by atoms with Crippen molar-refractivity contribution in [2.45, 2.75) is 18.2 Å². The van der Waals surface area contributed by atoms with Crippen LogP contribution in [0.25, 0.3) is 0 Å². The van der Waals surface area contributed by atoms with Crippen molar-refractivity contribution in [3.05, 3.63) is 59.7 Å². The Labute approximate surface area is 123 Å². The molecule has 0 heterocycles. The number of hydrogen-bond acceptors (Lipinski definition) is 3. The zero-order valence-electron chi connectivity index (χ0n) is 11.4. The van der Waals surface area contributed by atoms with Crippen molar-refractivity contribution in [1.82, 2.24) is 0 Å². The van der Waals surface area contributed by atoms with Gasteiger partial charge in [-0.15, -0.1) is 0 Å². The van der Waals surface area contributed by atoms with E-state index in [1.54, 1.807) is 18.2 Å². The zero-order chi connectivity index (χ0) is 15.5. The molecule has 2 rings (SSSR count). The first-order valence-corrected chi connectivity index (χ1v) is 7.82. The van der Waals surface area contributed by atoms with Gasteiger partial charge in [0, 0.05) is 5.56 Å². The third-order valence-electron chi connectivity index (χ3n) is 3.04. The fourth-order valence-corrected chi connectivity index (χ4v) is 2.53. The minimum Gasteiger partial charge on any atom is -0.321 e. The van der Waals surface area contributed by atoms with Crippen LogP contribution in [0.3, 0.4) is 0 Å². The number of hydrogen-bond donors (Lipinski definition) is 2. The molecule has 0 fully saturated rings. The highest BCUT2D eigenvalue weighted by atomic mass is 32.2. The summed E-state index contributed by atoms with van der Waals surface area (Å²) in [6.45, 7) is 2.01. The average Bonchev–Trinajstić information content (AvgIpc) is 2.47.